The predicted molar refractivity (Wildman–Crippen MR) is 105 cm³/mol. The Morgan fingerprint density at radius 3 is 2.56 bits per heavy atom. The summed E-state index contributed by atoms with van der Waals surface area (Å²) in [4.78, 5) is 38.3. The monoisotopic (exact) mass is 367 g/mol. The molecule has 0 radical (unpaired) electrons. The van der Waals surface area contributed by atoms with Gasteiger partial charge in [0.15, 0.2) is 0 Å². The second-order valence-corrected chi connectivity index (χ2v) is 7.58. The number of amides is 3. The molecule has 3 rings (SSSR count). The molecular formula is C22H27N2O3+. The maximum atomic E-state index is 12.6. The first kappa shape index (κ1) is 19.2. The van der Waals surface area contributed by atoms with E-state index in [-0.39, 0.29) is 35.2 Å². The zero-order valence-corrected chi connectivity index (χ0v) is 16.1. The van der Waals surface area contributed by atoms with Crippen LogP contribution in [0.25, 0.3) is 10.8 Å². The molecule has 0 spiro atoms. The van der Waals surface area contributed by atoms with Gasteiger partial charge in [0, 0.05) is 32.9 Å². The van der Waals surface area contributed by atoms with Crippen molar-refractivity contribution in [2.45, 2.75) is 45.2 Å². The molecule has 0 N–H and O–H groups in total. The minimum atomic E-state index is -0.137. The van der Waals surface area contributed by atoms with Crippen molar-refractivity contribution < 1.29 is 18.9 Å². The van der Waals surface area contributed by atoms with Gasteiger partial charge in [0.25, 0.3) is 0 Å². The minimum absolute atomic E-state index is 0.0143. The Bertz CT molecular complexity index is 864. The molecule has 27 heavy (non-hydrogen) atoms. The second kappa shape index (κ2) is 8.01. The Balaban J connectivity index is 1.58. The van der Waals surface area contributed by atoms with Gasteiger partial charge in [-0.25, -0.2) is 9.59 Å². The number of carbonyl (C=O) groups excluding carboxylic acids is 3. The molecule has 2 aromatic rings. The summed E-state index contributed by atoms with van der Waals surface area (Å²) in [6.07, 6.45) is 2.78. The van der Waals surface area contributed by atoms with E-state index in [1.54, 1.807) is 11.9 Å². The highest BCUT2D eigenvalue weighted by Crippen LogP contribution is 2.26. The molecule has 3 amide bonds. The third-order valence-electron chi connectivity index (χ3n) is 5.80. The van der Waals surface area contributed by atoms with Crippen molar-refractivity contribution >= 4 is 29.0 Å². The van der Waals surface area contributed by atoms with Crippen molar-refractivity contribution in [2.24, 2.45) is 0 Å². The summed E-state index contributed by atoms with van der Waals surface area (Å²) in [7, 11) is 1.75. The zero-order valence-electron chi connectivity index (χ0n) is 16.1. The molecule has 2 aromatic carbocycles. The van der Waals surface area contributed by atoms with Crippen LogP contribution >= 0.6 is 0 Å². The van der Waals surface area contributed by atoms with Crippen molar-refractivity contribution in [1.82, 2.24) is 4.90 Å². The zero-order chi connectivity index (χ0) is 19.4. The van der Waals surface area contributed by atoms with Crippen LogP contribution in [-0.2, 0) is 20.9 Å². The lowest BCUT2D eigenvalue weighted by Crippen LogP contribution is -2.54. The molecule has 0 saturated carbocycles. The Hall–Kier alpha value is -2.53. The van der Waals surface area contributed by atoms with Gasteiger partial charge >= 0.3 is 12.3 Å². The van der Waals surface area contributed by atoms with Gasteiger partial charge < -0.3 is 4.90 Å². The first-order valence-electron chi connectivity index (χ1n) is 9.55. The van der Waals surface area contributed by atoms with E-state index in [0.29, 0.717) is 13.1 Å². The number of imide groups is 1. The number of hydrogen-bond acceptors (Lipinski definition) is 3. The standard InChI is InChI=1S/C22H27N2O3/c1-17-6-5-13-24(17,16-25)22(27)12-11-21(26)23(2)15-18-9-10-19-7-3-4-8-20(19)14-18/h3-4,7-10,14,16-17H,5-6,11-13,15H2,1-2H3/q+1/t17-,24?/m1/s1. The topological polar surface area (TPSA) is 54.5 Å². The molecule has 0 bridgehead atoms. The molecule has 0 aromatic heterocycles. The Morgan fingerprint density at radius 2 is 1.89 bits per heavy atom. The van der Waals surface area contributed by atoms with Crippen LogP contribution in [0, 0.1) is 0 Å². The lowest BCUT2D eigenvalue weighted by atomic mass is 10.1. The molecule has 5 nitrogen and oxygen atoms in total. The number of rotatable bonds is 6. The molecule has 1 aliphatic rings. The van der Waals surface area contributed by atoms with Gasteiger partial charge in [0.1, 0.15) is 6.04 Å². The second-order valence-electron chi connectivity index (χ2n) is 7.58. The molecule has 1 heterocycles. The lowest BCUT2D eigenvalue weighted by molar-refractivity contribution is -0.780. The van der Waals surface area contributed by atoms with Gasteiger partial charge in [0.05, 0.1) is 13.0 Å². The lowest BCUT2D eigenvalue weighted by Gasteiger charge is -2.28. The fraction of sp³-hybridized carbons (Fsp3) is 0.409. The van der Waals surface area contributed by atoms with Gasteiger partial charge in [-0.05, 0) is 29.3 Å². The van der Waals surface area contributed by atoms with E-state index in [1.807, 2.05) is 25.1 Å². The maximum absolute atomic E-state index is 12.6. The van der Waals surface area contributed by atoms with Crippen LogP contribution in [0.4, 0.5) is 0 Å². The van der Waals surface area contributed by atoms with E-state index in [0.717, 1.165) is 30.2 Å². The first-order valence-corrected chi connectivity index (χ1v) is 9.55. The number of likely N-dealkylation sites (tertiary alicyclic amines) is 1. The summed E-state index contributed by atoms with van der Waals surface area (Å²) in [5.41, 5.74) is 1.06. The van der Waals surface area contributed by atoms with Crippen LogP contribution in [0.5, 0.6) is 0 Å². The summed E-state index contributed by atoms with van der Waals surface area (Å²) >= 11 is 0. The molecule has 2 atom stereocenters. The summed E-state index contributed by atoms with van der Waals surface area (Å²) in [6.45, 7) is 3.00. The third-order valence-corrected chi connectivity index (χ3v) is 5.80. The highest BCUT2D eigenvalue weighted by Gasteiger charge is 2.45. The van der Waals surface area contributed by atoms with Crippen molar-refractivity contribution in [2.75, 3.05) is 13.6 Å². The number of hydrogen-bond donors (Lipinski definition) is 0. The van der Waals surface area contributed by atoms with Crippen LogP contribution in [0.15, 0.2) is 42.5 Å². The van der Waals surface area contributed by atoms with E-state index in [4.69, 9.17) is 0 Å². The largest absolute Gasteiger partial charge is 0.341 e. The van der Waals surface area contributed by atoms with Crippen LogP contribution in [0.2, 0.25) is 0 Å². The summed E-state index contributed by atoms with van der Waals surface area (Å²) in [5.74, 6) is -0.213. The SMILES string of the molecule is C[C@@H]1CCC[N+]1(C=O)C(=O)CCC(=O)N(C)Cc1ccc2ccccc2c1. The molecule has 5 heteroatoms. The Morgan fingerprint density at radius 1 is 1.15 bits per heavy atom. The number of benzene rings is 2. The van der Waals surface area contributed by atoms with Crippen LogP contribution in [0.1, 0.15) is 38.2 Å². The normalized spacial score (nSPS) is 21.9. The minimum Gasteiger partial charge on any atom is -0.341 e. The number of fused-ring (bicyclic) bond motifs is 1. The van der Waals surface area contributed by atoms with E-state index in [9.17, 15) is 14.4 Å². The highest BCUT2D eigenvalue weighted by molar-refractivity contribution is 5.84. The number of nitrogens with zero attached hydrogens (tertiary/aromatic N) is 2. The van der Waals surface area contributed by atoms with Crippen LogP contribution in [-0.4, -0.2) is 47.2 Å². The van der Waals surface area contributed by atoms with Crippen molar-refractivity contribution in [3.63, 3.8) is 0 Å². The fourth-order valence-electron chi connectivity index (χ4n) is 4.00. The van der Waals surface area contributed by atoms with Gasteiger partial charge in [-0.15, -0.1) is 0 Å². The summed E-state index contributed by atoms with van der Waals surface area (Å²) in [6, 6.07) is 14.3. The first-order chi connectivity index (χ1) is 13.0. The van der Waals surface area contributed by atoms with Gasteiger partial charge in [0.2, 0.25) is 5.91 Å². The smallest absolute Gasteiger partial charge is 0.321 e. The summed E-state index contributed by atoms with van der Waals surface area (Å²) < 4.78 is -0.123. The van der Waals surface area contributed by atoms with E-state index < -0.39 is 0 Å². The number of carbonyl (C=O) groups is 3. The maximum Gasteiger partial charge on any atom is 0.321 e. The van der Waals surface area contributed by atoms with Crippen molar-refractivity contribution in [1.29, 1.82) is 0 Å². The molecule has 1 aliphatic heterocycles. The third kappa shape index (κ3) is 3.93. The average molecular weight is 367 g/mol. The molecule has 1 unspecified atom stereocenters. The van der Waals surface area contributed by atoms with Gasteiger partial charge in [-0.1, -0.05) is 36.4 Å². The Labute approximate surface area is 160 Å². The fourth-order valence-corrected chi connectivity index (χ4v) is 4.00. The highest BCUT2D eigenvalue weighted by atomic mass is 16.2. The molecule has 142 valence electrons. The molecule has 1 saturated heterocycles. The predicted octanol–water partition coefficient (Wildman–Crippen LogP) is 3.26. The van der Waals surface area contributed by atoms with E-state index in [1.165, 1.54) is 5.39 Å². The van der Waals surface area contributed by atoms with E-state index >= 15 is 0 Å². The molecule has 1 fully saturated rings. The molecular weight excluding hydrogens is 340 g/mol. The van der Waals surface area contributed by atoms with Crippen LogP contribution < -0.4 is 0 Å². The van der Waals surface area contributed by atoms with Crippen LogP contribution in [0.3, 0.4) is 0 Å². The quantitative estimate of drug-likeness (QED) is 0.582. The van der Waals surface area contributed by atoms with E-state index in [2.05, 4.69) is 24.3 Å². The Kier molecular flexibility index (Phi) is 5.71. The average Bonchev–Trinajstić information content (AvgIpc) is 3.07. The van der Waals surface area contributed by atoms with Gasteiger partial charge in [-0.2, -0.15) is 4.48 Å². The van der Waals surface area contributed by atoms with Crippen molar-refractivity contribution in [3.05, 3.63) is 48.0 Å². The van der Waals surface area contributed by atoms with Gasteiger partial charge in [-0.3, -0.25) is 4.79 Å². The van der Waals surface area contributed by atoms with Crippen molar-refractivity contribution in [3.8, 4) is 0 Å². The number of quaternary nitrogens is 1. The molecule has 0 aliphatic carbocycles. The summed E-state index contributed by atoms with van der Waals surface area (Å²) in [5, 5.41) is 2.31.